The average Bonchev–Trinajstić information content (AvgIpc) is 2.80. The van der Waals surface area contributed by atoms with Crippen LogP contribution in [0.2, 0.25) is 0 Å². The Balaban J connectivity index is 2.09. The summed E-state index contributed by atoms with van der Waals surface area (Å²) in [5.74, 6) is -0.211. The Hall–Kier alpha value is -2.41. The lowest BCUT2D eigenvalue weighted by molar-refractivity contribution is 0.0794. The summed E-state index contributed by atoms with van der Waals surface area (Å²) < 4.78 is 6.51. The van der Waals surface area contributed by atoms with Crippen LogP contribution >= 0.6 is 0 Å². The van der Waals surface area contributed by atoms with Crippen LogP contribution in [0.1, 0.15) is 23.0 Å². The largest absolute Gasteiger partial charge is 0.382 e. The fraction of sp³-hybridized carbons (Fsp3) is 0.308. The molecule has 2 rings (SSSR count). The zero-order valence-electron chi connectivity index (χ0n) is 11.5. The molecule has 0 unspecified atom stereocenters. The maximum absolute atomic E-state index is 12.1. The van der Waals surface area contributed by atoms with E-state index in [1.807, 2.05) is 38.1 Å². The Kier molecular flexibility index (Phi) is 4.31. The molecule has 1 aromatic heterocycles. The van der Waals surface area contributed by atoms with Crippen molar-refractivity contribution in [2.75, 3.05) is 17.7 Å². The van der Waals surface area contributed by atoms with Crippen LogP contribution in [0.15, 0.2) is 24.3 Å². The van der Waals surface area contributed by atoms with Gasteiger partial charge in [-0.15, -0.1) is 5.10 Å². The SMILES string of the molecule is CCOCn1nnc(C(=O)Nc2ccc(C)cc2)c1N. The third-order valence-electron chi connectivity index (χ3n) is 2.72. The highest BCUT2D eigenvalue weighted by Crippen LogP contribution is 2.13. The second kappa shape index (κ2) is 6.16. The van der Waals surface area contributed by atoms with Crippen LogP contribution < -0.4 is 11.1 Å². The molecule has 0 saturated heterocycles. The second-order valence-electron chi connectivity index (χ2n) is 4.26. The van der Waals surface area contributed by atoms with Gasteiger partial charge in [-0.05, 0) is 26.0 Å². The molecule has 0 aliphatic carbocycles. The molecular weight excluding hydrogens is 258 g/mol. The van der Waals surface area contributed by atoms with E-state index in [-0.39, 0.29) is 18.2 Å². The number of nitrogen functional groups attached to an aromatic ring is 1. The molecule has 0 spiro atoms. The smallest absolute Gasteiger partial charge is 0.280 e. The van der Waals surface area contributed by atoms with Gasteiger partial charge in [0.15, 0.2) is 11.5 Å². The first-order valence-corrected chi connectivity index (χ1v) is 6.26. The van der Waals surface area contributed by atoms with Crippen molar-refractivity contribution in [2.45, 2.75) is 20.6 Å². The summed E-state index contributed by atoms with van der Waals surface area (Å²) in [5.41, 5.74) is 7.70. The number of carbonyl (C=O) groups excluding carboxylic acids is 1. The van der Waals surface area contributed by atoms with Crippen LogP contribution in [0.3, 0.4) is 0 Å². The number of hydrogen-bond acceptors (Lipinski definition) is 5. The minimum absolute atomic E-state index is 0.0882. The van der Waals surface area contributed by atoms with Gasteiger partial charge in [0.25, 0.3) is 5.91 Å². The van der Waals surface area contributed by atoms with Crippen molar-refractivity contribution in [2.24, 2.45) is 0 Å². The molecule has 3 N–H and O–H groups in total. The van der Waals surface area contributed by atoms with Crippen LogP contribution in [0.5, 0.6) is 0 Å². The summed E-state index contributed by atoms with van der Waals surface area (Å²) in [6, 6.07) is 7.44. The zero-order chi connectivity index (χ0) is 14.5. The van der Waals surface area contributed by atoms with Gasteiger partial charge in [0, 0.05) is 12.3 Å². The zero-order valence-corrected chi connectivity index (χ0v) is 11.5. The minimum atomic E-state index is -0.394. The predicted octanol–water partition coefficient (Wildman–Crippen LogP) is 1.42. The van der Waals surface area contributed by atoms with Crippen LogP contribution in [0.25, 0.3) is 0 Å². The molecule has 0 aliphatic rings. The molecular formula is C13H17N5O2. The number of nitrogens with zero attached hydrogens (tertiary/aromatic N) is 3. The minimum Gasteiger partial charge on any atom is -0.382 e. The molecule has 0 bridgehead atoms. The molecule has 7 nitrogen and oxygen atoms in total. The van der Waals surface area contributed by atoms with E-state index in [4.69, 9.17) is 10.5 Å². The Bertz CT molecular complexity index is 591. The number of aryl methyl sites for hydroxylation is 1. The number of nitrogens with two attached hydrogens (primary N) is 1. The molecule has 7 heteroatoms. The summed E-state index contributed by atoms with van der Waals surface area (Å²) in [6.07, 6.45) is 0. The molecule has 1 aromatic carbocycles. The average molecular weight is 275 g/mol. The van der Waals surface area contributed by atoms with Gasteiger partial charge >= 0.3 is 0 Å². The van der Waals surface area contributed by atoms with Crippen molar-refractivity contribution in [3.05, 3.63) is 35.5 Å². The number of nitrogens with one attached hydrogen (secondary N) is 1. The quantitative estimate of drug-likeness (QED) is 0.860. The van der Waals surface area contributed by atoms with E-state index >= 15 is 0 Å². The molecule has 0 atom stereocenters. The summed E-state index contributed by atoms with van der Waals surface area (Å²) in [7, 11) is 0. The van der Waals surface area contributed by atoms with Crippen molar-refractivity contribution in [3.63, 3.8) is 0 Å². The number of anilines is 2. The van der Waals surface area contributed by atoms with E-state index in [2.05, 4.69) is 15.6 Å². The van der Waals surface area contributed by atoms with E-state index in [1.165, 1.54) is 4.68 Å². The number of carbonyl (C=O) groups is 1. The Morgan fingerprint density at radius 2 is 2.10 bits per heavy atom. The van der Waals surface area contributed by atoms with Gasteiger partial charge < -0.3 is 15.8 Å². The molecule has 0 radical (unpaired) electrons. The molecule has 0 aliphatic heterocycles. The van der Waals surface area contributed by atoms with Crippen molar-refractivity contribution in [1.82, 2.24) is 15.0 Å². The fourth-order valence-electron chi connectivity index (χ4n) is 1.58. The second-order valence-corrected chi connectivity index (χ2v) is 4.26. The third-order valence-corrected chi connectivity index (χ3v) is 2.72. The maximum atomic E-state index is 12.1. The van der Waals surface area contributed by atoms with Gasteiger partial charge in [-0.25, -0.2) is 4.68 Å². The van der Waals surface area contributed by atoms with Gasteiger partial charge in [-0.3, -0.25) is 4.79 Å². The predicted molar refractivity (Wildman–Crippen MR) is 75.2 cm³/mol. The first kappa shape index (κ1) is 14.0. The van der Waals surface area contributed by atoms with E-state index in [9.17, 15) is 4.79 Å². The first-order valence-electron chi connectivity index (χ1n) is 6.26. The normalized spacial score (nSPS) is 10.5. The summed E-state index contributed by atoms with van der Waals surface area (Å²) in [6.45, 7) is 4.54. The molecule has 1 amide bonds. The van der Waals surface area contributed by atoms with E-state index in [0.717, 1.165) is 5.56 Å². The molecule has 2 aromatic rings. The molecule has 0 fully saturated rings. The highest BCUT2D eigenvalue weighted by molar-refractivity contribution is 6.05. The number of hydrogen-bond donors (Lipinski definition) is 2. The Morgan fingerprint density at radius 1 is 1.40 bits per heavy atom. The van der Waals surface area contributed by atoms with Crippen LogP contribution in [0.4, 0.5) is 11.5 Å². The fourth-order valence-corrected chi connectivity index (χ4v) is 1.58. The van der Waals surface area contributed by atoms with Crippen LogP contribution in [0, 0.1) is 6.92 Å². The highest BCUT2D eigenvalue weighted by atomic mass is 16.5. The summed E-state index contributed by atoms with van der Waals surface area (Å²) >= 11 is 0. The number of aromatic nitrogens is 3. The molecule has 1 heterocycles. The van der Waals surface area contributed by atoms with Crippen LogP contribution in [-0.2, 0) is 11.5 Å². The van der Waals surface area contributed by atoms with E-state index in [0.29, 0.717) is 12.3 Å². The number of amides is 1. The van der Waals surface area contributed by atoms with Gasteiger partial charge in [-0.2, -0.15) is 0 Å². The van der Waals surface area contributed by atoms with Gasteiger partial charge in [0.2, 0.25) is 0 Å². The molecule has 20 heavy (non-hydrogen) atoms. The van der Waals surface area contributed by atoms with E-state index < -0.39 is 5.91 Å². The lowest BCUT2D eigenvalue weighted by Crippen LogP contribution is -2.15. The highest BCUT2D eigenvalue weighted by Gasteiger charge is 2.17. The summed E-state index contributed by atoms with van der Waals surface area (Å²) in [5, 5.41) is 10.3. The Morgan fingerprint density at radius 3 is 2.75 bits per heavy atom. The third kappa shape index (κ3) is 3.12. The molecule has 106 valence electrons. The van der Waals surface area contributed by atoms with Crippen LogP contribution in [-0.4, -0.2) is 27.5 Å². The van der Waals surface area contributed by atoms with E-state index in [1.54, 1.807) is 0 Å². The first-order chi connectivity index (χ1) is 9.61. The number of benzene rings is 1. The van der Waals surface area contributed by atoms with Crippen molar-refractivity contribution < 1.29 is 9.53 Å². The molecule has 0 saturated carbocycles. The van der Waals surface area contributed by atoms with Crippen molar-refractivity contribution in [1.29, 1.82) is 0 Å². The standard InChI is InChI=1S/C13H17N5O2/c1-3-20-8-18-12(14)11(16-17-18)13(19)15-10-6-4-9(2)5-7-10/h4-7H,3,8,14H2,1-2H3,(H,15,19). The Labute approximate surface area is 116 Å². The monoisotopic (exact) mass is 275 g/mol. The maximum Gasteiger partial charge on any atom is 0.280 e. The van der Waals surface area contributed by atoms with Crippen molar-refractivity contribution in [3.8, 4) is 0 Å². The lowest BCUT2D eigenvalue weighted by atomic mass is 10.2. The number of rotatable bonds is 5. The van der Waals surface area contributed by atoms with Crippen molar-refractivity contribution >= 4 is 17.4 Å². The van der Waals surface area contributed by atoms with Gasteiger partial charge in [0.1, 0.15) is 6.73 Å². The lowest BCUT2D eigenvalue weighted by Gasteiger charge is -2.05. The van der Waals surface area contributed by atoms with Gasteiger partial charge in [-0.1, -0.05) is 22.9 Å². The number of ether oxygens (including phenoxy) is 1. The topological polar surface area (TPSA) is 95.1 Å². The van der Waals surface area contributed by atoms with Gasteiger partial charge in [0.05, 0.1) is 0 Å². The summed E-state index contributed by atoms with van der Waals surface area (Å²) in [4.78, 5) is 12.1.